The third-order valence-corrected chi connectivity index (χ3v) is 5.11. The molecule has 0 radical (unpaired) electrons. The van der Waals surface area contributed by atoms with Gasteiger partial charge in [-0.3, -0.25) is 0 Å². The van der Waals surface area contributed by atoms with Crippen molar-refractivity contribution >= 4 is 26.5 Å². The Balaban J connectivity index is 2.26. The average molecular weight is 304 g/mol. The van der Waals surface area contributed by atoms with Gasteiger partial charge in [-0.2, -0.15) is 0 Å². The van der Waals surface area contributed by atoms with Crippen molar-refractivity contribution in [1.29, 1.82) is 0 Å². The van der Waals surface area contributed by atoms with Crippen molar-refractivity contribution in [2.24, 2.45) is 0 Å². The summed E-state index contributed by atoms with van der Waals surface area (Å²) >= 11 is 1.16. The lowest BCUT2D eigenvalue weighted by atomic mass is 10.2. The first-order valence-electron chi connectivity index (χ1n) is 5.20. The molecule has 102 valence electrons. The SMILES string of the molecule is CN(c1nccs1)S(=O)(=O)Cc1ccc(F)cc1F. The molecule has 2 aromatic rings. The van der Waals surface area contributed by atoms with E-state index in [4.69, 9.17) is 0 Å². The molecule has 0 bridgehead atoms. The maximum atomic E-state index is 13.5. The minimum Gasteiger partial charge on any atom is -0.248 e. The largest absolute Gasteiger partial charge is 0.248 e. The van der Waals surface area contributed by atoms with E-state index in [1.165, 1.54) is 13.2 Å². The fourth-order valence-electron chi connectivity index (χ4n) is 1.42. The average Bonchev–Trinajstić information content (AvgIpc) is 2.85. The first-order chi connectivity index (χ1) is 8.90. The van der Waals surface area contributed by atoms with E-state index in [9.17, 15) is 17.2 Å². The molecule has 19 heavy (non-hydrogen) atoms. The van der Waals surface area contributed by atoms with Crippen molar-refractivity contribution in [2.45, 2.75) is 5.75 Å². The van der Waals surface area contributed by atoms with Crippen LogP contribution in [0.1, 0.15) is 5.56 Å². The van der Waals surface area contributed by atoms with Gasteiger partial charge in [0.2, 0.25) is 10.0 Å². The van der Waals surface area contributed by atoms with E-state index in [0.717, 1.165) is 27.8 Å². The Morgan fingerprint density at radius 2 is 2.11 bits per heavy atom. The summed E-state index contributed by atoms with van der Waals surface area (Å²) in [4.78, 5) is 3.87. The molecule has 0 aliphatic heterocycles. The van der Waals surface area contributed by atoms with E-state index >= 15 is 0 Å². The van der Waals surface area contributed by atoms with Gasteiger partial charge >= 0.3 is 0 Å². The number of sulfonamides is 1. The zero-order valence-corrected chi connectivity index (χ0v) is 11.5. The second-order valence-electron chi connectivity index (χ2n) is 3.77. The number of rotatable bonds is 4. The second kappa shape index (κ2) is 5.22. The Morgan fingerprint density at radius 1 is 1.37 bits per heavy atom. The molecule has 0 N–H and O–H groups in total. The highest BCUT2D eigenvalue weighted by Gasteiger charge is 2.22. The first kappa shape index (κ1) is 13.9. The molecule has 8 heteroatoms. The maximum Gasteiger partial charge on any atom is 0.240 e. The van der Waals surface area contributed by atoms with Gasteiger partial charge in [0.25, 0.3) is 0 Å². The number of hydrogen-bond acceptors (Lipinski definition) is 4. The minimum absolute atomic E-state index is 0.0789. The van der Waals surface area contributed by atoms with Gasteiger partial charge in [0.1, 0.15) is 11.6 Å². The Bertz CT molecular complexity index is 672. The second-order valence-corrected chi connectivity index (χ2v) is 6.65. The van der Waals surface area contributed by atoms with Gasteiger partial charge in [-0.1, -0.05) is 6.07 Å². The molecule has 0 saturated carbocycles. The van der Waals surface area contributed by atoms with Crippen LogP contribution < -0.4 is 4.31 Å². The smallest absolute Gasteiger partial charge is 0.240 e. The molecule has 0 fully saturated rings. The highest BCUT2D eigenvalue weighted by molar-refractivity contribution is 7.92. The molecule has 0 amide bonds. The van der Waals surface area contributed by atoms with Crippen LogP contribution >= 0.6 is 11.3 Å². The van der Waals surface area contributed by atoms with Gasteiger partial charge in [0.05, 0.1) is 5.75 Å². The molecule has 0 atom stereocenters. The van der Waals surface area contributed by atoms with Gasteiger partial charge in [0, 0.05) is 30.3 Å². The molecular formula is C11H10F2N2O2S2. The lowest BCUT2D eigenvalue weighted by Gasteiger charge is -2.16. The number of benzene rings is 1. The lowest BCUT2D eigenvalue weighted by molar-refractivity contribution is 0.569. The molecule has 0 spiro atoms. The number of hydrogen-bond donors (Lipinski definition) is 0. The summed E-state index contributed by atoms with van der Waals surface area (Å²) in [6.07, 6.45) is 1.48. The van der Waals surface area contributed by atoms with Crippen molar-refractivity contribution in [2.75, 3.05) is 11.4 Å². The normalized spacial score (nSPS) is 11.5. The van der Waals surface area contributed by atoms with E-state index in [1.807, 2.05) is 0 Å². The first-order valence-corrected chi connectivity index (χ1v) is 7.69. The van der Waals surface area contributed by atoms with Crippen LogP contribution in [0.4, 0.5) is 13.9 Å². The van der Waals surface area contributed by atoms with Crippen LogP contribution in [-0.2, 0) is 15.8 Å². The maximum absolute atomic E-state index is 13.5. The molecular weight excluding hydrogens is 294 g/mol. The Labute approximate surface area is 113 Å². The van der Waals surface area contributed by atoms with Crippen LogP contribution in [0.25, 0.3) is 0 Å². The number of thiazole rings is 1. The predicted octanol–water partition coefficient (Wildman–Crippen LogP) is 2.39. The van der Waals surface area contributed by atoms with Crippen molar-refractivity contribution in [3.63, 3.8) is 0 Å². The molecule has 0 aliphatic rings. The summed E-state index contributed by atoms with van der Waals surface area (Å²) in [6.45, 7) is 0. The van der Waals surface area contributed by atoms with Gasteiger partial charge in [0.15, 0.2) is 5.13 Å². The molecule has 4 nitrogen and oxygen atoms in total. The van der Waals surface area contributed by atoms with Crippen LogP contribution in [0.3, 0.4) is 0 Å². The third kappa shape index (κ3) is 3.07. The van der Waals surface area contributed by atoms with Crippen LogP contribution in [0.2, 0.25) is 0 Å². The number of aromatic nitrogens is 1. The van der Waals surface area contributed by atoms with Crippen molar-refractivity contribution in [3.8, 4) is 0 Å². The third-order valence-electron chi connectivity index (χ3n) is 2.46. The lowest BCUT2D eigenvalue weighted by Crippen LogP contribution is -2.28. The van der Waals surface area contributed by atoms with E-state index in [2.05, 4.69) is 4.98 Å². The van der Waals surface area contributed by atoms with Gasteiger partial charge in [-0.25, -0.2) is 26.5 Å². The number of halogens is 2. The number of anilines is 1. The highest BCUT2D eigenvalue weighted by Crippen LogP contribution is 2.22. The van der Waals surface area contributed by atoms with Crippen LogP contribution in [-0.4, -0.2) is 20.4 Å². The molecule has 1 heterocycles. The molecule has 0 aliphatic carbocycles. The van der Waals surface area contributed by atoms with Crippen LogP contribution in [0.5, 0.6) is 0 Å². The topological polar surface area (TPSA) is 50.3 Å². The molecule has 1 aromatic heterocycles. The van der Waals surface area contributed by atoms with Gasteiger partial charge < -0.3 is 0 Å². The monoisotopic (exact) mass is 304 g/mol. The summed E-state index contributed by atoms with van der Waals surface area (Å²) in [6, 6.07) is 2.81. The Kier molecular flexibility index (Phi) is 3.81. The van der Waals surface area contributed by atoms with E-state index in [1.54, 1.807) is 5.38 Å². The number of nitrogens with zero attached hydrogens (tertiary/aromatic N) is 2. The predicted molar refractivity (Wildman–Crippen MR) is 69.5 cm³/mol. The summed E-state index contributed by atoms with van der Waals surface area (Å²) in [7, 11) is -2.41. The van der Waals surface area contributed by atoms with E-state index < -0.39 is 27.4 Å². The van der Waals surface area contributed by atoms with Crippen molar-refractivity contribution in [3.05, 3.63) is 47.0 Å². The van der Waals surface area contributed by atoms with E-state index in [0.29, 0.717) is 11.2 Å². The summed E-state index contributed by atoms with van der Waals surface area (Å²) in [5.41, 5.74) is -0.0789. The zero-order valence-electron chi connectivity index (χ0n) is 9.88. The van der Waals surface area contributed by atoms with Crippen LogP contribution in [0, 0.1) is 11.6 Å². The fraction of sp³-hybridized carbons (Fsp3) is 0.182. The van der Waals surface area contributed by atoms with Crippen LogP contribution in [0.15, 0.2) is 29.8 Å². The molecule has 0 unspecified atom stereocenters. The van der Waals surface area contributed by atoms with Gasteiger partial charge in [-0.15, -0.1) is 11.3 Å². The van der Waals surface area contributed by atoms with Crippen molar-refractivity contribution in [1.82, 2.24) is 4.98 Å². The standard InChI is InChI=1S/C11H10F2N2O2S2/c1-15(11-14-4-5-18-11)19(16,17)7-8-2-3-9(12)6-10(8)13/h2-6H,7H2,1H3. The molecule has 0 saturated heterocycles. The van der Waals surface area contributed by atoms with Crippen molar-refractivity contribution < 1.29 is 17.2 Å². The van der Waals surface area contributed by atoms with E-state index in [-0.39, 0.29) is 5.56 Å². The molecule has 2 rings (SSSR count). The fourth-order valence-corrected chi connectivity index (χ4v) is 3.51. The Hall–Kier alpha value is -1.54. The summed E-state index contributed by atoms with van der Waals surface area (Å²) in [5.74, 6) is -2.17. The Morgan fingerprint density at radius 3 is 2.68 bits per heavy atom. The highest BCUT2D eigenvalue weighted by atomic mass is 32.2. The van der Waals surface area contributed by atoms with Gasteiger partial charge in [-0.05, 0) is 6.07 Å². The quantitative estimate of drug-likeness (QED) is 0.871. The summed E-state index contributed by atoms with van der Waals surface area (Å²) in [5, 5.41) is 1.93. The molecule has 1 aromatic carbocycles. The minimum atomic E-state index is -3.75. The summed E-state index contributed by atoms with van der Waals surface area (Å²) < 4.78 is 51.3. The zero-order chi connectivity index (χ0) is 14.0.